The first-order valence-electron chi connectivity index (χ1n) is 18.2. The van der Waals surface area contributed by atoms with Gasteiger partial charge in [-0.1, -0.05) is 152 Å². The van der Waals surface area contributed by atoms with Crippen molar-refractivity contribution >= 4 is 32.6 Å². The summed E-state index contributed by atoms with van der Waals surface area (Å²) >= 11 is 0. The van der Waals surface area contributed by atoms with Crippen LogP contribution in [0.25, 0.3) is 83.0 Å². The fourth-order valence-electron chi connectivity index (χ4n) is 6.83. The van der Waals surface area contributed by atoms with Crippen LogP contribution in [0, 0.1) is 0 Å². The second-order valence-corrected chi connectivity index (χ2v) is 11.6. The van der Waals surface area contributed by atoms with Gasteiger partial charge in [0.15, 0.2) is 0 Å². The van der Waals surface area contributed by atoms with Crippen LogP contribution in [0.1, 0.15) is 6.85 Å². The van der Waals surface area contributed by atoms with Crippen LogP contribution in [0.3, 0.4) is 0 Å². The number of imidazole rings is 1. The summed E-state index contributed by atoms with van der Waals surface area (Å²) in [6.45, 7) is 0. The number of nitrogens with zero attached hydrogens (tertiary/aromatic N) is 2. The third-order valence-corrected chi connectivity index (χ3v) is 8.89. The van der Waals surface area contributed by atoms with Crippen LogP contribution in [0.15, 0.2) is 182 Å². The van der Waals surface area contributed by atoms with Gasteiger partial charge in [0.1, 0.15) is 5.82 Å². The van der Waals surface area contributed by atoms with E-state index < -0.39 is 6.04 Å². The number of fused-ring (bicyclic) bond motifs is 3. The van der Waals surface area contributed by atoms with Crippen LogP contribution >= 0.6 is 0 Å². The van der Waals surface area contributed by atoms with Gasteiger partial charge in [-0.2, -0.15) is 0 Å². The molecule has 0 bridgehead atoms. The van der Waals surface area contributed by atoms with Crippen molar-refractivity contribution in [3.8, 4) is 50.5 Å². The molecule has 0 aliphatic carbocycles. The second kappa shape index (κ2) is 11.3. The number of benzene rings is 8. The third-order valence-electron chi connectivity index (χ3n) is 8.89. The van der Waals surface area contributed by atoms with E-state index in [1.54, 1.807) is 4.57 Å². The Labute approximate surface area is 280 Å². The molecule has 0 saturated carbocycles. The molecule has 0 radical (unpaired) electrons. The summed E-state index contributed by atoms with van der Waals surface area (Å²) in [6.07, 6.45) is 0. The van der Waals surface area contributed by atoms with Crippen molar-refractivity contribution in [1.29, 1.82) is 0 Å². The Morgan fingerprint density at radius 3 is 1.62 bits per heavy atom. The van der Waals surface area contributed by atoms with Crippen molar-refractivity contribution in [3.05, 3.63) is 182 Å². The summed E-state index contributed by atoms with van der Waals surface area (Å²) in [5.41, 5.74) is 8.87. The Hall–Kier alpha value is -6.25. The van der Waals surface area contributed by atoms with Crippen LogP contribution in [-0.2, 0) is 0 Å². The van der Waals surface area contributed by atoms with Gasteiger partial charge in [0.25, 0.3) is 0 Å². The molecule has 220 valence electrons. The summed E-state index contributed by atoms with van der Waals surface area (Å²) < 4.78 is 44.4. The Balaban J connectivity index is 1.27. The zero-order chi connectivity index (χ0) is 35.5. The maximum Gasteiger partial charge on any atom is 0.145 e. The number of para-hydroxylation sites is 3. The number of hydrogen-bond acceptors (Lipinski definition) is 1. The largest absolute Gasteiger partial charge is 0.292 e. The molecule has 0 fully saturated rings. The maximum absolute atomic E-state index is 8.83. The molecule has 0 aliphatic heterocycles. The molecular formula is C45H30N2. The normalized spacial score (nSPS) is 12.9. The third kappa shape index (κ3) is 4.62. The maximum atomic E-state index is 8.83. The van der Waals surface area contributed by atoms with Crippen molar-refractivity contribution in [1.82, 2.24) is 9.55 Å². The molecule has 0 N–H and O–H groups in total. The van der Waals surface area contributed by atoms with E-state index in [9.17, 15) is 0 Å². The first-order valence-corrected chi connectivity index (χ1v) is 15.7. The molecule has 0 saturated heterocycles. The van der Waals surface area contributed by atoms with Gasteiger partial charge in [0, 0.05) is 11.3 Å². The van der Waals surface area contributed by atoms with E-state index in [1.807, 2.05) is 42.5 Å². The standard InChI is InChI=1S/C45H30N2/c1-3-14-31(15-4-1)32-26-28-33(29-27-32)43-37-20-7-9-22-39(37)44(40-23-10-8-21-38(40)43)34-16-13-17-35(30-34)45-46-41-24-11-12-25-42(41)47(45)36-18-5-2-6-19-36/h1-30H/i2D,5D,6D,18D,19D. The second-order valence-electron chi connectivity index (χ2n) is 11.6. The fraction of sp³-hybridized carbons (Fsp3) is 0. The van der Waals surface area contributed by atoms with Crippen molar-refractivity contribution in [2.24, 2.45) is 0 Å². The zero-order valence-corrected chi connectivity index (χ0v) is 25.3. The van der Waals surface area contributed by atoms with Gasteiger partial charge < -0.3 is 0 Å². The van der Waals surface area contributed by atoms with E-state index in [0.29, 0.717) is 16.9 Å². The average Bonchev–Trinajstić information content (AvgIpc) is 3.58. The summed E-state index contributed by atoms with van der Waals surface area (Å²) in [5.74, 6) is 0.491. The van der Waals surface area contributed by atoms with Crippen molar-refractivity contribution in [2.75, 3.05) is 0 Å². The molecule has 0 amide bonds. The molecular weight excluding hydrogens is 569 g/mol. The minimum Gasteiger partial charge on any atom is -0.292 e. The topological polar surface area (TPSA) is 17.8 Å². The molecule has 1 aromatic heterocycles. The lowest BCUT2D eigenvalue weighted by Gasteiger charge is -2.18. The smallest absolute Gasteiger partial charge is 0.145 e. The Morgan fingerprint density at radius 1 is 0.426 bits per heavy atom. The molecule has 0 unspecified atom stereocenters. The predicted molar refractivity (Wildman–Crippen MR) is 198 cm³/mol. The van der Waals surface area contributed by atoms with Crippen molar-refractivity contribution in [3.63, 3.8) is 0 Å². The molecule has 8 aromatic carbocycles. The summed E-state index contributed by atoms with van der Waals surface area (Å²) in [6, 6.07) is 50.1. The molecule has 47 heavy (non-hydrogen) atoms. The number of rotatable bonds is 5. The quantitative estimate of drug-likeness (QED) is 0.179. The van der Waals surface area contributed by atoms with Crippen molar-refractivity contribution < 1.29 is 6.85 Å². The van der Waals surface area contributed by atoms with E-state index in [-0.39, 0.29) is 29.9 Å². The van der Waals surface area contributed by atoms with E-state index in [4.69, 9.17) is 11.8 Å². The Morgan fingerprint density at radius 2 is 0.936 bits per heavy atom. The molecule has 1 heterocycles. The van der Waals surface area contributed by atoms with E-state index in [0.717, 1.165) is 43.8 Å². The van der Waals surface area contributed by atoms with Crippen LogP contribution in [-0.4, -0.2) is 9.55 Å². The molecule has 0 aliphatic rings. The lowest BCUT2D eigenvalue weighted by atomic mass is 9.85. The van der Waals surface area contributed by atoms with E-state index >= 15 is 0 Å². The highest BCUT2D eigenvalue weighted by atomic mass is 15.1. The Bertz CT molecular complexity index is 2760. The molecule has 9 aromatic rings. The lowest BCUT2D eigenvalue weighted by Crippen LogP contribution is -1.97. The molecule has 9 rings (SSSR count). The average molecular weight is 604 g/mol. The first kappa shape index (κ1) is 22.3. The van der Waals surface area contributed by atoms with Gasteiger partial charge in [-0.15, -0.1) is 0 Å². The van der Waals surface area contributed by atoms with Gasteiger partial charge in [-0.3, -0.25) is 4.57 Å². The minimum atomic E-state index is -0.430. The first-order chi connectivity index (χ1) is 25.4. The Kier molecular flexibility index (Phi) is 5.35. The molecule has 2 nitrogen and oxygen atoms in total. The van der Waals surface area contributed by atoms with Gasteiger partial charge in [-0.25, -0.2) is 4.98 Å². The lowest BCUT2D eigenvalue weighted by molar-refractivity contribution is 1.10. The van der Waals surface area contributed by atoms with Crippen LogP contribution in [0.5, 0.6) is 0 Å². The van der Waals surface area contributed by atoms with Crippen LogP contribution < -0.4 is 0 Å². The molecule has 0 atom stereocenters. The van der Waals surface area contributed by atoms with Crippen LogP contribution in [0.2, 0.25) is 0 Å². The molecule has 2 heteroatoms. The van der Waals surface area contributed by atoms with Crippen molar-refractivity contribution in [2.45, 2.75) is 0 Å². The van der Waals surface area contributed by atoms with Gasteiger partial charge in [-0.05, 0) is 85.2 Å². The zero-order valence-electron chi connectivity index (χ0n) is 30.3. The highest BCUT2D eigenvalue weighted by Crippen LogP contribution is 2.44. The number of aromatic nitrogens is 2. The SMILES string of the molecule is [2H]c1c([2H])c([2H])c(-n2c(-c3cccc(-c4c5ccccc5c(-c5ccc(-c6ccccc6)cc5)c5ccccc45)c3)nc3ccccc32)c([2H])c1[2H]. The highest BCUT2D eigenvalue weighted by molar-refractivity contribution is 6.21. The van der Waals surface area contributed by atoms with E-state index in [2.05, 4.69) is 109 Å². The van der Waals surface area contributed by atoms with Gasteiger partial charge in [0.2, 0.25) is 0 Å². The predicted octanol–water partition coefficient (Wildman–Crippen LogP) is 12.0. The summed E-state index contributed by atoms with van der Waals surface area (Å²) in [5, 5.41) is 4.50. The highest BCUT2D eigenvalue weighted by Gasteiger charge is 2.19. The molecule has 0 spiro atoms. The summed E-state index contributed by atoms with van der Waals surface area (Å²) in [7, 11) is 0. The van der Waals surface area contributed by atoms with Crippen LogP contribution in [0.4, 0.5) is 0 Å². The number of hydrogen-bond donors (Lipinski definition) is 0. The monoisotopic (exact) mass is 603 g/mol. The minimum absolute atomic E-state index is 0.0682. The fourth-order valence-corrected chi connectivity index (χ4v) is 6.83. The summed E-state index contributed by atoms with van der Waals surface area (Å²) in [4.78, 5) is 4.99. The van der Waals surface area contributed by atoms with E-state index in [1.165, 1.54) is 16.7 Å². The van der Waals surface area contributed by atoms with Gasteiger partial charge >= 0.3 is 0 Å². The van der Waals surface area contributed by atoms with Gasteiger partial charge in [0.05, 0.1) is 17.9 Å².